The number of anilines is 1. The van der Waals surface area contributed by atoms with Gasteiger partial charge in [-0.3, -0.25) is 9.78 Å². The van der Waals surface area contributed by atoms with Crippen LogP contribution in [0.3, 0.4) is 0 Å². The van der Waals surface area contributed by atoms with E-state index in [1.54, 1.807) is 50.2 Å². The van der Waals surface area contributed by atoms with E-state index in [1.165, 1.54) is 33.5 Å². The number of nitrogens with one attached hydrogen (secondary N) is 2. The first kappa shape index (κ1) is 43.2. The van der Waals surface area contributed by atoms with Crippen LogP contribution in [0.5, 0.6) is 11.5 Å². The van der Waals surface area contributed by atoms with E-state index in [4.69, 9.17) is 40.6 Å². The highest BCUT2D eigenvalue weighted by Crippen LogP contribution is 2.33. The third-order valence-electron chi connectivity index (χ3n) is 8.85. The molecule has 1 fully saturated rings. The lowest BCUT2D eigenvalue weighted by atomic mass is 9.90. The van der Waals surface area contributed by atoms with Crippen molar-refractivity contribution in [3.8, 4) is 11.5 Å². The van der Waals surface area contributed by atoms with E-state index in [1.807, 2.05) is 20.8 Å². The average Bonchev–Trinajstić information content (AvgIpc) is 3.58. The molecular formula is C39H54FN5O9S. The second kappa shape index (κ2) is 18.9. The number of imide groups is 1. The van der Waals surface area contributed by atoms with Crippen molar-refractivity contribution in [1.82, 2.24) is 20.1 Å². The highest BCUT2D eigenvalue weighted by atomic mass is 32.1. The number of para-hydroxylation sites is 1. The van der Waals surface area contributed by atoms with Crippen LogP contribution < -0.4 is 20.1 Å². The van der Waals surface area contributed by atoms with Crippen LogP contribution in [0.4, 0.5) is 19.7 Å². The third kappa shape index (κ3) is 11.7. The summed E-state index contributed by atoms with van der Waals surface area (Å²) < 4.78 is 48.5. The summed E-state index contributed by atoms with van der Waals surface area (Å²) in [6.45, 7) is 11.5. The van der Waals surface area contributed by atoms with E-state index in [0.717, 1.165) is 17.7 Å². The lowest BCUT2D eigenvalue weighted by Crippen LogP contribution is -2.51. The van der Waals surface area contributed by atoms with Gasteiger partial charge in [0.1, 0.15) is 28.5 Å². The van der Waals surface area contributed by atoms with E-state index in [-0.39, 0.29) is 53.8 Å². The summed E-state index contributed by atoms with van der Waals surface area (Å²) in [5, 5.41) is 6.42. The normalized spacial score (nSPS) is 17.7. The highest BCUT2D eigenvalue weighted by molar-refractivity contribution is 7.81. The van der Waals surface area contributed by atoms with Crippen LogP contribution in [0.2, 0.25) is 0 Å². The van der Waals surface area contributed by atoms with Gasteiger partial charge in [-0.05, 0) is 85.4 Å². The van der Waals surface area contributed by atoms with Crippen molar-refractivity contribution >= 4 is 41.0 Å². The molecule has 0 aliphatic carbocycles. The molecule has 2 aromatic rings. The molecule has 1 aromatic carbocycles. The highest BCUT2D eigenvalue weighted by Gasteiger charge is 2.41. The minimum atomic E-state index is -0.889. The maximum Gasteiger partial charge on any atom is 0.417 e. The Morgan fingerprint density at radius 2 is 1.73 bits per heavy atom. The Morgan fingerprint density at radius 1 is 1.04 bits per heavy atom. The van der Waals surface area contributed by atoms with Crippen molar-refractivity contribution in [3.63, 3.8) is 0 Å². The van der Waals surface area contributed by atoms with Gasteiger partial charge in [0, 0.05) is 57.2 Å². The van der Waals surface area contributed by atoms with Crippen molar-refractivity contribution in [3.05, 3.63) is 59.3 Å². The molecule has 2 atom stereocenters. The molecule has 1 saturated heterocycles. The molecule has 55 heavy (non-hydrogen) atoms. The largest absolute Gasteiger partial charge is 0.492 e. The Hall–Kier alpha value is -4.54. The Kier molecular flexibility index (Phi) is 14.8. The molecule has 2 N–H and O–H groups in total. The van der Waals surface area contributed by atoms with Crippen LogP contribution in [0.15, 0.2) is 47.9 Å². The van der Waals surface area contributed by atoms with Crippen LogP contribution >= 0.6 is 12.2 Å². The van der Waals surface area contributed by atoms with Crippen molar-refractivity contribution in [2.24, 2.45) is 5.92 Å². The number of hydrogen-bond acceptors (Lipinski definition) is 12. The van der Waals surface area contributed by atoms with Crippen LogP contribution in [-0.2, 0) is 30.3 Å². The standard InChI is InChI=1S/C39H54FN5O9S/c1-38(2,3)53-36(47)44-19-11-12-26(44)23-52-29-21-41-18-17-24(29)20-42-32-25(15-16-30(49-7)50-8)22-45(37(48)54-39(4,5)6)35(46)31(32)34(55)43-28-14-10-13-27(40)33(28)51-9/h10,13-14,17-18,21,25-26,30,42H,11-12,15-16,19-20,22-23H2,1-9H3,(H,43,55)/t25?,26-/m0/s1. The topological polar surface area (TPSA) is 150 Å². The first-order valence-corrected chi connectivity index (χ1v) is 18.6. The number of thiocarbonyl (C=S) groups is 1. The quantitative estimate of drug-likeness (QED) is 0.157. The predicted molar refractivity (Wildman–Crippen MR) is 207 cm³/mol. The summed E-state index contributed by atoms with van der Waals surface area (Å²) in [6, 6.07) is 5.88. The fourth-order valence-corrected chi connectivity index (χ4v) is 6.62. The number of nitrogens with zero attached hydrogens (tertiary/aromatic N) is 3. The Labute approximate surface area is 328 Å². The molecule has 0 bridgehead atoms. The summed E-state index contributed by atoms with van der Waals surface area (Å²) in [7, 11) is 4.38. The van der Waals surface area contributed by atoms with Crippen molar-refractivity contribution in [2.45, 2.75) is 97.3 Å². The Balaban J connectivity index is 1.70. The number of pyridine rings is 1. The number of methoxy groups -OCH3 is 3. The molecule has 3 heterocycles. The lowest BCUT2D eigenvalue weighted by Gasteiger charge is -2.37. The number of halogens is 1. The SMILES string of the molecule is COc1c(F)cccc1NC(=S)C1=C(NCc2ccncc2OC[C@@H]2CCCN2C(=O)OC(C)(C)C)C(CCC(OC)OC)CN(C(=O)OC(C)(C)C)C1=O. The molecule has 3 amide bonds. The second-order valence-electron chi connectivity index (χ2n) is 15.3. The summed E-state index contributed by atoms with van der Waals surface area (Å²) in [4.78, 5) is 47.8. The average molecular weight is 788 g/mol. The lowest BCUT2D eigenvalue weighted by molar-refractivity contribution is -0.127. The molecule has 2 aliphatic heterocycles. The van der Waals surface area contributed by atoms with Crippen molar-refractivity contribution in [2.75, 3.05) is 46.3 Å². The predicted octanol–water partition coefficient (Wildman–Crippen LogP) is 6.58. The van der Waals surface area contributed by atoms with E-state index in [9.17, 15) is 18.8 Å². The smallest absolute Gasteiger partial charge is 0.417 e. The van der Waals surface area contributed by atoms with E-state index >= 15 is 0 Å². The number of carbonyl (C=O) groups excluding carboxylic acids is 3. The third-order valence-corrected chi connectivity index (χ3v) is 9.16. The number of aromatic nitrogens is 1. The molecule has 14 nitrogen and oxygen atoms in total. The van der Waals surface area contributed by atoms with Gasteiger partial charge >= 0.3 is 12.2 Å². The molecule has 4 rings (SSSR count). The maximum atomic E-state index is 14.7. The molecular weight excluding hydrogens is 734 g/mol. The molecule has 0 radical (unpaired) electrons. The zero-order valence-corrected chi connectivity index (χ0v) is 34.0. The van der Waals surface area contributed by atoms with Crippen molar-refractivity contribution < 1.29 is 47.2 Å². The molecule has 16 heteroatoms. The van der Waals surface area contributed by atoms with Gasteiger partial charge in [0.2, 0.25) is 0 Å². The number of amides is 3. The zero-order valence-electron chi connectivity index (χ0n) is 33.2. The monoisotopic (exact) mass is 787 g/mol. The summed E-state index contributed by atoms with van der Waals surface area (Å²) in [5.41, 5.74) is -0.182. The van der Waals surface area contributed by atoms with Gasteiger partial charge < -0.3 is 44.0 Å². The number of rotatable bonds is 14. The molecule has 2 aliphatic rings. The molecule has 0 saturated carbocycles. The number of likely N-dealkylation sites (tertiary alicyclic amines) is 1. The van der Waals surface area contributed by atoms with Gasteiger partial charge in [-0.2, -0.15) is 0 Å². The van der Waals surface area contributed by atoms with Crippen LogP contribution in [-0.4, -0.2) is 102 Å². The van der Waals surface area contributed by atoms with E-state index in [2.05, 4.69) is 15.6 Å². The van der Waals surface area contributed by atoms with E-state index < -0.39 is 41.2 Å². The first-order chi connectivity index (χ1) is 26.0. The molecule has 1 unspecified atom stereocenters. The fraction of sp³-hybridized carbons (Fsp3) is 0.564. The Bertz CT molecular complexity index is 1720. The minimum absolute atomic E-state index is 0.00899. The molecule has 0 spiro atoms. The van der Waals surface area contributed by atoms with E-state index in [0.29, 0.717) is 36.4 Å². The van der Waals surface area contributed by atoms with Crippen LogP contribution in [0.25, 0.3) is 0 Å². The second-order valence-corrected chi connectivity index (χ2v) is 15.7. The number of hydrogen-bond donors (Lipinski definition) is 2. The maximum absolute atomic E-state index is 14.7. The fourth-order valence-electron chi connectivity index (χ4n) is 6.31. The van der Waals surface area contributed by atoms with Crippen LogP contribution in [0, 0.1) is 11.7 Å². The van der Waals surface area contributed by atoms with Gasteiger partial charge in [0.15, 0.2) is 17.9 Å². The number of benzene rings is 1. The van der Waals surface area contributed by atoms with Crippen LogP contribution in [0.1, 0.15) is 72.8 Å². The van der Waals surface area contributed by atoms with Gasteiger partial charge in [-0.1, -0.05) is 18.3 Å². The summed E-state index contributed by atoms with van der Waals surface area (Å²) in [6.07, 6.45) is 3.82. The molecule has 1 aromatic heterocycles. The van der Waals surface area contributed by atoms with Gasteiger partial charge in [-0.25, -0.2) is 18.9 Å². The Morgan fingerprint density at radius 3 is 2.38 bits per heavy atom. The van der Waals surface area contributed by atoms with Crippen molar-refractivity contribution in [1.29, 1.82) is 0 Å². The number of carbonyl (C=O) groups is 3. The molecule has 302 valence electrons. The van der Waals surface area contributed by atoms with Gasteiger partial charge in [-0.15, -0.1) is 0 Å². The minimum Gasteiger partial charge on any atom is -0.492 e. The summed E-state index contributed by atoms with van der Waals surface area (Å²) >= 11 is 5.86. The van der Waals surface area contributed by atoms with Gasteiger partial charge in [0.05, 0.1) is 30.6 Å². The zero-order chi connectivity index (χ0) is 40.5. The summed E-state index contributed by atoms with van der Waals surface area (Å²) in [5.74, 6) is -1.45. The number of ether oxygens (including phenoxy) is 6. The van der Waals surface area contributed by atoms with Gasteiger partial charge in [0.25, 0.3) is 5.91 Å². The first-order valence-electron chi connectivity index (χ1n) is 18.2.